The van der Waals surface area contributed by atoms with Gasteiger partial charge < -0.3 is 19.1 Å². The van der Waals surface area contributed by atoms with Gasteiger partial charge in [0.1, 0.15) is 22.3 Å². The van der Waals surface area contributed by atoms with Gasteiger partial charge in [0, 0.05) is 25.2 Å². The summed E-state index contributed by atoms with van der Waals surface area (Å²) in [7, 11) is 1.53. The number of carbonyl (C=O) groups is 1. The molecular formula is C20H26ClN3O5. The Morgan fingerprint density at radius 1 is 1.31 bits per heavy atom. The number of carbonyl (C=O) groups excluding carboxylic acids is 1. The van der Waals surface area contributed by atoms with Crippen LogP contribution in [0.2, 0.25) is 5.15 Å². The van der Waals surface area contributed by atoms with Gasteiger partial charge in [-0.2, -0.15) is 4.98 Å². The van der Waals surface area contributed by atoms with Crippen molar-refractivity contribution in [1.29, 1.82) is 0 Å². The highest BCUT2D eigenvalue weighted by molar-refractivity contribution is 6.34. The van der Waals surface area contributed by atoms with Crippen LogP contribution < -0.4 is 15.2 Å². The van der Waals surface area contributed by atoms with E-state index in [9.17, 15) is 9.59 Å². The molecule has 1 aliphatic rings. The van der Waals surface area contributed by atoms with Gasteiger partial charge in [-0.1, -0.05) is 11.6 Å². The van der Waals surface area contributed by atoms with Gasteiger partial charge in [-0.05, 0) is 39.5 Å². The van der Waals surface area contributed by atoms with Crippen molar-refractivity contribution in [3.63, 3.8) is 0 Å². The van der Waals surface area contributed by atoms with Crippen molar-refractivity contribution >= 4 is 28.6 Å². The van der Waals surface area contributed by atoms with Crippen LogP contribution in [-0.2, 0) is 4.74 Å². The molecule has 0 bridgehead atoms. The van der Waals surface area contributed by atoms with E-state index in [2.05, 4.69) is 9.97 Å². The van der Waals surface area contributed by atoms with Gasteiger partial charge in [-0.25, -0.2) is 9.59 Å². The molecule has 2 heterocycles. The molecule has 1 saturated heterocycles. The van der Waals surface area contributed by atoms with E-state index in [1.54, 1.807) is 17.0 Å². The van der Waals surface area contributed by atoms with E-state index >= 15 is 0 Å². The third-order valence-corrected chi connectivity index (χ3v) is 4.97. The molecule has 2 aromatic rings. The predicted octanol–water partition coefficient (Wildman–Crippen LogP) is 3.61. The lowest BCUT2D eigenvalue weighted by atomic mass is 9.98. The van der Waals surface area contributed by atoms with Crippen molar-refractivity contribution in [2.75, 3.05) is 26.8 Å². The number of methoxy groups -OCH3 is 1. The second-order valence-electron chi connectivity index (χ2n) is 8.10. The quantitative estimate of drug-likeness (QED) is 0.755. The Bertz CT molecular complexity index is 946. The number of fused-ring (bicyclic) bond motifs is 1. The summed E-state index contributed by atoms with van der Waals surface area (Å²) in [5.74, 6) is 1.31. The molecule has 1 N–H and O–H groups in total. The van der Waals surface area contributed by atoms with Gasteiger partial charge >= 0.3 is 11.8 Å². The van der Waals surface area contributed by atoms with Gasteiger partial charge in [-0.15, -0.1) is 0 Å². The van der Waals surface area contributed by atoms with Crippen molar-refractivity contribution < 1.29 is 19.0 Å². The molecule has 0 unspecified atom stereocenters. The predicted molar refractivity (Wildman–Crippen MR) is 110 cm³/mol. The molecule has 0 spiro atoms. The third kappa shape index (κ3) is 5.32. The van der Waals surface area contributed by atoms with E-state index in [0.717, 1.165) is 12.8 Å². The van der Waals surface area contributed by atoms with Crippen LogP contribution in [0.15, 0.2) is 16.9 Å². The van der Waals surface area contributed by atoms with Crippen LogP contribution in [0.3, 0.4) is 0 Å². The molecule has 1 amide bonds. The number of rotatable bonds is 4. The number of H-pyrrole nitrogens is 1. The molecule has 0 saturated carbocycles. The molecule has 1 fully saturated rings. The van der Waals surface area contributed by atoms with Gasteiger partial charge in [0.05, 0.1) is 24.6 Å². The number of halogens is 1. The largest absolute Gasteiger partial charge is 0.497 e. The van der Waals surface area contributed by atoms with Crippen LogP contribution in [-0.4, -0.2) is 53.4 Å². The van der Waals surface area contributed by atoms with Gasteiger partial charge in [-0.3, -0.25) is 4.98 Å². The number of aromatic amines is 1. The van der Waals surface area contributed by atoms with Crippen molar-refractivity contribution in [1.82, 2.24) is 14.9 Å². The van der Waals surface area contributed by atoms with Crippen LogP contribution in [0.4, 0.5) is 4.79 Å². The SMILES string of the molecule is COc1cc(OCC2CCN(C(=O)OC(C)(C)C)CC2)c2c(Cl)[nH]c(=O)nc2c1. The number of nitrogens with one attached hydrogen (secondary N) is 1. The van der Waals surface area contributed by atoms with Gasteiger partial charge in [0.2, 0.25) is 0 Å². The summed E-state index contributed by atoms with van der Waals surface area (Å²) in [6.45, 7) is 7.28. The molecule has 0 atom stereocenters. The number of likely N-dealkylation sites (tertiary alicyclic amines) is 1. The monoisotopic (exact) mass is 423 g/mol. The minimum Gasteiger partial charge on any atom is -0.497 e. The molecule has 9 heteroatoms. The van der Waals surface area contributed by atoms with Crippen LogP contribution >= 0.6 is 11.6 Å². The summed E-state index contributed by atoms with van der Waals surface area (Å²) in [6.07, 6.45) is 1.34. The number of benzene rings is 1. The standard InChI is InChI=1S/C20H26ClN3O5/c1-20(2,3)29-19(26)24-7-5-12(6-8-24)11-28-15-10-13(27-4)9-14-16(15)17(21)23-18(25)22-14/h9-10,12H,5-8,11H2,1-4H3,(H,22,23,25). The third-order valence-electron chi connectivity index (χ3n) is 4.69. The molecule has 0 radical (unpaired) electrons. The second-order valence-corrected chi connectivity index (χ2v) is 8.48. The lowest BCUT2D eigenvalue weighted by molar-refractivity contribution is 0.0165. The van der Waals surface area contributed by atoms with E-state index in [-0.39, 0.29) is 17.2 Å². The minimum atomic E-state index is -0.531. The maximum Gasteiger partial charge on any atom is 0.410 e. The van der Waals surface area contributed by atoms with Crippen molar-refractivity contribution in [3.8, 4) is 11.5 Å². The Hall–Kier alpha value is -2.48. The summed E-state index contributed by atoms with van der Waals surface area (Å²) in [6, 6.07) is 3.37. The molecule has 8 nitrogen and oxygen atoms in total. The lowest BCUT2D eigenvalue weighted by Gasteiger charge is -2.33. The number of hydrogen-bond donors (Lipinski definition) is 1. The maximum atomic E-state index is 12.2. The number of ether oxygens (including phenoxy) is 3. The lowest BCUT2D eigenvalue weighted by Crippen LogP contribution is -2.42. The van der Waals surface area contributed by atoms with E-state index in [0.29, 0.717) is 42.1 Å². The normalized spacial score (nSPS) is 15.4. The first-order valence-corrected chi connectivity index (χ1v) is 9.92. The number of amides is 1. The van der Waals surface area contributed by atoms with Crippen LogP contribution in [0.25, 0.3) is 10.9 Å². The van der Waals surface area contributed by atoms with E-state index < -0.39 is 11.3 Å². The van der Waals surface area contributed by atoms with E-state index in [4.69, 9.17) is 25.8 Å². The fourth-order valence-corrected chi connectivity index (χ4v) is 3.50. The first-order valence-electron chi connectivity index (χ1n) is 9.54. The zero-order valence-electron chi connectivity index (χ0n) is 17.1. The van der Waals surface area contributed by atoms with Crippen molar-refractivity contribution in [2.24, 2.45) is 5.92 Å². The highest BCUT2D eigenvalue weighted by Crippen LogP contribution is 2.34. The zero-order chi connectivity index (χ0) is 21.2. The second kappa shape index (κ2) is 8.49. The summed E-state index contributed by atoms with van der Waals surface area (Å²) >= 11 is 6.22. The summed E-state index contributed by atoms with van der Waals surface area (Å²) in [5.41, 5.74) is -0.622. The average Bonchev–Trinajstić information content (AvgIpc) is 2.64. The first kappa shape index (κ1) is 21.2. The molecule has 0 aliphatic carbocycles. The highest BCUT2D eigenvalue weighted by atomic mass is 35.5. The van der Waals surface area contributed by atoms with Crippen molar-refractivity contribution in [3.05, 3.63) is 27.8 Å². The van der Waals surface area contributed by atoms with E-state index in [1.807, 2.05) is 20.8 Å². The average molecular weight is 424 g/mol. The summed E-state index contributed by atoms with van der Waals surface area (Å²) in [4.78, 5) is 32.0. The van der Waals surface area contributed by atoms with Gasteiger partial charge in [0.25, 0.3) is 0 Å². The van der Waals surface area contributed by atoms with Gasteiger partial charge in [0.15, 0.2) is 0 Å². The molecular weight excluding hydrogens is 398 g/mol. The zero-order valence-corrected chi connectivity index (χ0v) is 17.8. The molecule has 1 aliphatic heterocycles. The van der Waals surface area contributed by atoms with Crippen LogP contribution in [0, 0.1) is 5.92 Å². The fraction of sp³-hybridized carbons (Fsp3) is 0.550. The van der Waals surface area contributed by atoms with Crippen LogP contribution in [0.1, 0.15) is 33.6 Å². The maximum absolute atomic E-state index is 12.2. The Labute approximate surface area is 174 Å². The number of piperidine rings is 1. The van der Waals surface area contributed by atoms with Crippen molar-refractivity contribution in [2.45, 2.75) is 39.2 Å². The Balaban J connectivity index is 1.66. The van der Waals surface area contributed by atoms with E-state index in [1.165, 1.54) is 7.11 Å². The fourth-order valence-electron chi connectivity index (χ4n) is 3.23. The summed E-state index contributed by atoms with van der Waals surface area (Å²) in [5, 5.41) is 0.718. The number of aromatic nitrogens is 2. The highest BCUT2D eigenvalue weighted by Gasteiger charge is 2.27. The minimum absolute atomic E-state index is 0.178. The smallest absolute Gasteiger partial charge is 0.410 e. The molecule has 1 aromatic carbocycles. The Morgan fingerprint density at radius 3 is 2.62 bits per heavy atom. The molecule has 29 heavy (non-hydrogen) atoms. The Kier molecular flexibility index (Phi) is 6.21. The first-order chi connectivity index (χ1) is 13.7. The molecule has 1 aromatic heterocycles. The summed E-state index contributed by atoms with van der Waals surface area (Å²) < 4.78 is 16.7. The van der Waals surface area contributed by atoms with Crippen LogP contribution in [0.5, 0.6) is 11.5 Å². The molecule has 158 valence electrons. The number of nitrogens with zero attached hydrogens (tertiary/aromatic N) is 2. The topological polar surface area (TPSA) is 93.8 Å². The number of hydrogen-bond acceptors (Lipinski definition) is 6. The Morgan fingerprint density at radius 2 is 2.00 bits per heavy atom. The molecule has 3 rings (SSSR count).